The quantitative estimate of drug-likeness (QED) is 0.0246. The molecule has 342 valence electrons. The second kappa shape index (κ2) is 46.6. The van der Waals surface area contributed by atoms with Crippen LogP contribution in [0.25, 0.3) is 0 Å². The number of amides is 1. The summed E-state index contributed by atoms with van der Waals surface area (Å²) in [4.78, 5) is 26.1. The van der Waals surface area contributed by atoms with Crippen molar-refractivity contribution in [1.29, 1.82) is 0 Å². The van der Waals surface area contributed by atoms with E-state index < -0.39 is 18.2 Å². The third-order valence-electron chi connectivity index (χ3n) is 11.2. The normalized spacial score (nSPS) is 13.8. The smallest absolute Gasteiger partial charge is 0.306 e. The van der Waals surface area contributed by atoms with Gasteiger partial charge in [0, 0.05) is 6.42 Å². The summed E-state index contributed by atoms with van der Waals surface area (Å²) in [6.45, 7) is 6.24. The number of hydrogen-bond acceptors (Lipinski definition) is 5. The Morgan fingerprint density at radius 1 is 0.525 bits per heavy atom. The molecular weight excluding hydrogens is 731 g/mol. The first-order chi connectivity index (χ1) is 29.0. The lowest BCUT2D eigenvalue weighted by atomic mass is 10.0. The first-order valence-electron chi connectivity index (χ1n) is 25.0. The van der Waals surface area contributed by atoms with Crippen molar-refractivity contribution in [2.45, 2.75) is 257 Å². The minimum atomic E-state index is -0.794. The van der Waals surface area contributed by atoms with Gasteiger partial charge < -0.3 is 20.3 Å². The molecular formula is C53H95NO5. The van der Waals surface area contributed by atoms with Gasteiger partial charge in [0.15, 0.2) is 0 Å². The molecule has 0 radical (unpaired) electrons. The second-order valence-corrected chi connectivity index (χ2v) is 16.9. The fourth-order valence-corrected chi connectivity index (χ4v) is 7.41. The number of carbonyl (C=O) groups is 2. The Kier molecular flexibility index (Phi) is 44.7. The predicted molar refractivity (Wildman–Crippen MR) is 255 cm³/mol. The fraction of sp³-hybridized carbons (Fsp3) is 0.774. The minimum absolute atomic E-state index is 0.0619. The van der Waals surface area contributed by atoms with Crippen molar-refractivity contribution in [2.24, 2.45) is 0 Å². The van der Waals surface area contributed by atoms with E-state index in [-0.39, 0.29) is 24.9 Å². The Labute approximate surface area is 365 Å². The standard InChI is InChI=1S/C53H95NO5/c1-4-7-10-13-16-19-22-25-26-28-31-34-37-40-43-46-53(58)59-49(44-41-38-35-32-29-24-21-18-15-12-9-6-3)47-52(57)54-50(48-55)51(56)45-42-39-36-33-30-27-23-20-17-14-11-8-5-2/h7,9-10,12-13,16,18-19,21-22,49-51,55-56H,4-6,8,11,14-15,17,20,23-48H2,1-3H3,(H,54,57)/b10-7+,12-9+,16-13+,21-18+,22-19+. The number of allylic oxidation sites excluding steroid dienone is 10. The van der Waals surface area contributed by atoms with Crippen LogP contribution in [0.15, 0.2) is 60.8 Å². The zero-order valence-electron chi connectivity index (χ0n) is 38.9. The second-order valence-electron chi connectivity index (χ2n) is 16.9. The van der Waals surface area contributed by atoms with Gasteiger partial charge in [-0.1, -0.05) is 216 Å². The summed E-state index contributed by atoms with van der Waals surface area (Å²) in [5, 5.41) is 23.7. The highest BCUT2D eigenvalue weighted by Gasteiger charge is 2.24. The molecule has 0 saturated carbocycles. The van der Waals surface area contributed by atoms with Crippen molar-refractivity contribution in [3.63, 3.8) is 0 Å². The number of rotatable bonds is 44. The van der Waals surface area contributed by atoms with E-state index in [0.29, 0.717) is 19.3 Å². The summed E-state index contributed by atoms with van der Waals surface area (Å²) in [6.07, 6.45) is 57.1. The van der Waals surface area contributed by atoms with E-state index in [1.807, 2.05) is 0 Å². The molecule has 0 aliphatic rings. The highest BCUT2D eigenvalue weighted by molar-refractivity contribution is 5.77. The maximum absolute atomic E-state index is 13.2. The number of hydrogen-bond donors (Lipinski definition) is 3. The van der Waals surface area contributed by atoms with Crippen molar-refractivity contribution in [1.82, 2.24) is 5.32 Å². The molecule has 1 amide bonds. The first kappa shape index (κ1) is 56.6. The van der Waals surface area contributed by atoms with Gasteiger partial charge >= 0.3 is 5.97 Å². The van der Waals surface area contributed by atoms with Crippen LogP contribution in [0.5, 0.6) is 0 Å². The van der Waals surface area contributed by atoms with Crippen molar-refractivity contribution < 1.29 is 24.5 Å². The molecule has 0 aromatic carbocycles. The number of carbonyl (C=O) groups excluding carboxylic acids is 2. The highest BCUT2D eigenvalue weighted by Crippen LogP contribution is 2.18. The molecule has 0 heterocycles. The Morgan fingerprint density at radius 3 is 1.56 bits per heavy atom. The third-order valence-corrected chi connectivity index (χ3v) is 11.2. The van der Waals surface area contributed by atoms with Gasteiger partial charge in [0.05, 0.1) is 25.2 Å². The van der Waals surface area contributed by atoms with Gasteiger partial charge in [-0.3, -0.25) is 9.59 Å². The van der Waals surface area contributed by atoms with Crippen LogP contribution in [0, 0.1) is 0 Å². The van der Waals surface area contributed by atoms with Crippen molar-refractivity contribution in [3.05, 3.63) is 60.8 Å². The molecule has 0 bridgehead atoms. The molecule has 3 N–H and O–H groups in total. The van der Waals surface area contributed by atoms with E-state index in [0.717, 1.165) is 89.9 Å². The van der Waals surface area contributed by atoms with Crippen LogP contribution < -0.4 is 5.32 Å². The molecule has 0 rings (SSSR count). The van der Waals surface area contributed by atoms with Gasteiger partial charge in [-0.2, -0.15) is 0 Å². The van der Waals surface area contributed by atoms with Gasteiger partial charge in [0.1, 0.15) is 6.10 Å². The molecule has 0 fully saturated rings. The van der Waals surface area contributed by atoms with Crippen LogP contribution in [0.3, 0.4) is 0 Å². The molecule has 3 atom stereocenters. The molecule has 6 heteroatoms. The Balaban J connectivity index is 4.59. The van der Waals surface area contributed by atoms with E-state index in [1.165, 1.54) is 103 Å². The van der Waals surface area contributed by atoms with E-state index in [9.17, 15) is 19.8 Å². The van der Waals surface area contributed by atoms with Crippen LogP contribution in [-0.4, -0.2) is 46.9 Å². The van der Waals surface area contributed by atoms with Crippen LogP contribution in [-0.2, 0) is 14.3 Å². The maximum Gasteiger partial charge on any atom is 0.306 e. The zero-order chi connectivity index (χ0) is 43.1. The molecule has 0 aromatic heterocycles. The summed E-state index contributed by atoms with van der Waals surface area (Å²) in [7, 11) is 0. The molecule has 6 nitrogen and oxygen atoms in total. The van der Waals surface area contributed by atoms with Crippen LogP contribution >= 0.6 is 0 Å². The van der Waals surface area contributed by atoms with Crippen LogP contribution in [0.2, 0.25) is 0 Å². The maximum atomic E-state index is 13.2. The van der Waals surface area contributed by atoms with Crippen LogP contribution in [0.4, 0.5) is 0 Å². The predicted octanol–water partition coefficient (Wildman–Crippen LogP) is 14.8. The molecule has 0 saturated heterocycles. The SMILES string of the molecule is CC/C=C/C=C/C=C/CCCCCCCCCC(=O)OC(CCCCCCC/C=C/C/C=C/CC)CC(=O)NC(CO)C(O)CCCCCCCCCCCCCCC. The molecule has 59 heavy (non-hydrogen) atoms. The Hall–Kier alpha value is -2.44. The summed E-state index contributed by atoms with van der Waals surface area (Å²) in [6, 6.07) is -0.709. The average molecular weight is 826 g/mol. The Bertz CT molecular complexity index is 1060. The average Bonchev–Trinajstić information content (AvgIpc) is 3.23. The molecule has 0 aromatic rings. The fourth-order valence-electron chi connectivity index (χ4n) is 7.41. The summed E-state index contributed by atoms with van der Waals surface area (Å²) in [5.74, 6) is -0.501. The van der Waals surface area contributed by atoms with E-state index in [1.54, 1.807) is 0 Å². The molecule has 0 aliphatic heterocycles. The van der Waals surface area contributed by atoms with Crippen molar-refractivity contribution >= 4 is 11.9 Å². The van der Waals surface area contributed by atoms with Gasteiger partial charge in [-0.15, -0.1) is 0 Å². The number of nitrogens with one attached hydrogen (secondary N) is 1. The number of aliphatic hydroxyl groups is 2. The van der Waals surface area contributed by atoms with Gasteiger partial charge in [-0.25, -0.2) is 0 Å². The molecule has 3 unspecified atom stereocenters. The number of unbranched alkanes of at least 4 members (excludes halogenated alkanes) is 24. The molecule has 0 aliphatic carbocycles. The monoisotopic (exact) mass is 826 g/mol. The minimum Gasteiger partial charge on any atom is -0.462 e. The summed E-state index contributed by atoms with van der Waals surface area (Å²) in [5.41, 5.74) is 0. The lowest BCUT2D eigenvalue weighted by molar-refractivity contribution is -0.151. The summed E-state index contributed by atoms with van der Waals surface area (Å²) >= 11 is 0. The van der Waals surface area contributed by atoms with Gasteiger partial charge in [0.25, 0.3) is 0 Å². The number of ether oxygens (including phenoxy) is 1. The van der Waals surface area contributed by atoms with Crippen molar-refractivity contribution in [3.8, 4) is 0 Å². The lowest BCUT2D eigenvalue weighted by Gasteiger charge is -2.24. The number of esters is 1. The topological polar surface area (TPSA) is 95.9 Å². The van der Waals surface area contributed by atoms with Gasteiger partial charge in [-0.05, 0) is 70.6 Å². The van der Waals surface area contributed by atoms with E-state index in [4.69, 9.17) is 4.74 Å². The zero-order valence-corrected chi connectivity index (χ0v) is 38.9. The molecule has 0 spiro atoms. The summed E-state index contributed by atoms with van der Waals surface area (Å²) < 4.78 is 5.91. The Morgan fingerprint density at radius 2 is 1.00 bits per heavy atom. The first-order valence-corrected chi connectivity index (χ1v) is 25.0. The van der Waals surface area contributed by atoms with Gasteiger partial charge in [0.2, 0.25) is 5.91 Å². The lowest BCUT2D eigenvalue weighted by Crippen LogP contribution is -2.46. The number of aliphatic hydroxyl groups excluding tert-OH is 2. The largest absolute Gasteiger partial charge is 0.462 e. The highest BCUT2D eigenvalue weighted by atomic mass is 16.5. The van der Waals surface area contributed by atoms with E-state index in [2.05, 4.69) is 86.8 Å². The third kappa shape index (κ3) is 42.1. The van der Waals surface area contributed by atoms with Crippen molar-refractivity contribution in [2.75, 3.05) is 6.61 Å². The van der Waals surface area contributed by atoms with E-state index >= 15 is 0 Å². The van der Waals surface area contributed by atoms with Crippen LogP contribution in [0.1, 0.15) is 239 Å².